The highest BCUT2D eigenvalue weighted by Crippen LogP contribution is 2.44. The Morgan fingerprint density at radius 2 is 1.08 bits per heavy atom. The molecule has 65 heavy (non-hydrogen) atoms. The molecule has 16 nitrogen and oxygen atoms in total. The smallest absolute Gasteiger partial charge is 0.273 e. The lowest BCUT2D eigenvalue weighted by atomic mass is 9.97. The number of carbonyl (C=O) groups excluding carboxylic acids is 2. The van der Waals surface area contributed by atoms with E-state index < -0.39 is 11.8 Å². The Bertz CT molecular complexity index is 3180. The maximum Gasteiger partial charge on any atom is 0.273 e. The first-order valence-electron chi connectivity index (χ1n) is 19.5. The van der Waals surface area contributed by atoms with E-state index in [-0.39, 0.29) is 43.6 Å². The minimum absolute atomic E-state index is 0.0246. The number of aromatic nitrogens is 4. The van der Waals surface area contributed by atoms with E-state index in [1.807, 2.05) is 26.0 Å². The van der Waals surface area contributed by atoms with Crippen molar-refractivity contribution < 1.29 is 38.1 Å². The number of nitrogens with one attached hydrogen (secondary N) is 2. The fraction of sp³-hybridized carbons (Fsp3) is 0.111. The molecule has 2 amide bonds. The Morgan fingerprint density at radius 3 is 1.49 bits per heavy atom. The number of hydrogen-bond donors (Lipinski definition) is 4. The van der Waals surface area contributed by atoms with E-state index >= 15 is 0 Å². The van der Waals surface area contributed by atoms with Crippen molar-refractivity contribution in [2.45, 2.75) is 20.3 Å². The second-order valence-electron chi connectivity index (χ2n) is 14.8. The van der Waals surface area contributed by atoms with Crippen molar-refractivity contribution in [1.82, 2.24) is 20.4 Å². The van der Waals surface area contributed by atoms with Gasteiger partial charge in [-0.1, -0.05) is 34.8 Å². The third-order valence-electron chi connectivity index (χ3n) is 10.6. The highest BCUT2D eigenvalue weighted by atomic mass is 32.2. The minimum atomic E-state index is -0.427. The molecule has 0 bridgehead atoms. The van der Waals surface area contributed by atoms with E-state index in [0.717, 1.165) is 56.6 Å². The maximum atomic E-state index is 13.7. The van der Waals surface area contributed by atoms with Gasteiger partial charge >= 0.3 is 0 Å². The summed E-state index contributed by atoms with van der Waals surface area (Å²) in [7, 11) is 2.88. The molecule has 324 valence electrons. The highest BCUT2D eigenvalue weighted by molar-refractivity contribution is 8.19. The molecular formula is C45H32N8O8S4. The number of anilines is 2. The molecule has 10 rings (SSSR count). The van der Waals surface area contributed by atoms with Crippen molar-refractivity contribution in [3.63, 3.8) is 0 Å². The third-order valence-corrected chi connectivity index (χ3v) is 14.2. The number of amidine groups is 2. The number of hydrogen-bond acceptors (Lipinski definition) is 18. The second kappa shape index (κ2) is 16.4. The number of nitrogens with zero attached hydrogens (tertiary/aromatic N) is 6. The van der Waals surface area contributed by atoms with Crippen LogP contribution in [0, 0.1) is 24.7 Å². The predicted molar refractivity (Wildman–Crippen MR) is 253 cm³/mol. The van der Waals surface area contributed by atoms with Gasteiger partial charge < -0.3 is 28.5 Å². The summed E-state index contributed by atoms with van der Waals surface area (Å²) in [5.74, 6) is -0.384. The normalized spacial score (nSPS) is 15.6. The van der Waals surface area contributed by atoms with Crippen LogP contribution in [0.3, 0.4) is 0 Å². The van der Waals surface area contributed by atoms with E-state index in [4.69, 9.17) is 29.1 Å². The van der Waals surface area contributed by atoms with Gasteiger partial charge in [-0.05, 0) is 138 Å². The zero-order chi connectivity index (χ0) is 45.3. The molecule has 8 aromatic rings. The van der Waals surface area contributed by atoms with Crippen LogP contribution in [0.4, 0.5) is 10.3 Å². The van der Waals surface area contributed by atoms with Gasteiger partial charge in [0.05, 0.1) is 47.7 Å². The van der Waals surface area contributed by atoms with Crippen molar-refractivity contribution in [2.24, 2.45) is 0 Å². The Labute approximate surface area is 384 Å². The van der Waals surface area contributed by atoms with Crippen molar-refractivity contribution in [2.75, 3.05) is 24.0 Å². The molecule has 2 saturated heterocycles. The van der Waals surface area contributed by atoms with Crippen LogP contribution in [-0.4, -0.2) is 67.0 Å². The molecule has 4 aromatic heterocycles. The number of aryl methyl sites for hydroxylation is 2. The van der Waals surface area contributed by atoms with Gasteiger partial charge in [0.2, 0.25) is 10.3 Å². The molecule has 2 fully saturated rings. The number of thioether (sulfide) groups is 2. The predicted octanol–water partition coefficient (Wildman–Crippen LogP) is 9.96. The summed E-state index contributed by atoms with van der Waals surface area (Å²) in [6.45, 7) is 3.92. The van der Waals surface area contributed by atoms with Crippen LogP contribution in [-0.2, 0) is 16.0 Å². The average molecular weight is 941 g/mol. The molecule has 0 radical (unpaired) electrons. The number of methoxy groups -OCH3 is 2. The van der Waals surface area contributed by atoms with Crippen LogP contribution in [0.1, 0.15) is 33.4 Å². The van der Waals surface area contributed by atoms with Gasteiger partial charge in [-0.3, -0.25) is 20.4 Å². The number of ether oxygens (including phenoxy) is 2. The number of aromatic hydroxyl groups is 2. The fourth-order valence-corrected chi connectivity index (χ4v) is 10.9. The summed E-state index contributed by atoms with van der Waals surface area (Å²) >= 11 is 4.33. The van der Waals surface area contributed by atoms with Gasteiger partial charge in [-0.25, -0.2) is 9.80 Å². The van der Waals surface area contributed by atoms with Gasteiger partial charge in [0.25, 0.3) is 11.8 Å². The van der Waals surface area contributed by atoms with Crippen molar-refractivity contribution >= 4 is 113 Å². The first-order valence-corrected chi connectivity index (χ1v) is 22.7. The molecule has 4 N–H and O–H groups in total. The average Bonchev–Trinajstić information content (AvgIpc) is 4.17. The number of carbonyl (C=O) groups is 2. The number of phenols is 2. The van der Waals surface area contributed by atoms with E-state index in [1.54, 1.807) is 48.9 Å². The van der Waals surface area contributed by atoms with Crippen LogP contribution in [0.25, 0.3) is 55.2 Å². The van der Waals surface area contributed by atoms with Crippen molar-refractivity contribution in [1.29, 1.82) is 10.8 Å². The van der Waals surface area contributed by atoms with Crippen LogP contribution >= 0.6 is 46.2 Å². The van der Waals surface area contributed by atoms with Gasteiger partial charge in [0.1, 0.15) is 11.2 Å². The molecule has 2 aliphatic rings. The van der Waals surface area contributed by atoms with Gasteiger partial charge in [-0.15, -0.1) is 20.4 Å². The topological polar surface area (TPSA) is 225 Å². The molecule has 0 saturated carbocycles. The largest absolute Gasteiger partial charge is 0.504 e. The van der Waals surface area contributed by atoms with Gasteiger partial charge in [0.15, 0.2) is 43.3 Å². The van der Waals surface area contributed by atoms with E-state index in [2.05, 4.69) is 32.5 Å². The van der Waals surface area contributed by atoms with Gasteiger partial charge in [0, 0.05) is 10.8 Å². The van der Waals surface area contributed by atoms with E-state index in [9.17, 15) is 19.8 Å². The first-order chi connectivity index (χ1) is 31.4. The molecule has 0 aliphatic carbocycles. The monoisotopic (exact) mass is 940 g/mol. The summed E-state index contributed by atoms with van der Waals surface area (Å²) < 4.78 is 22.6. The zero-order valence-corrected chi connectivity index (χ0v) is 37.7. The molecule has 4 aromatic carbocycles. The third kappa shape index (κ3) is 7.48. The lowest BCUT2D eigenvalue weighted by Gasteiger charge is -2.09. The maximum absolute atomic E-state index is 13.7. The second-order valence-corrected chi connectivity index (χ2v) is 18.8. The van der Waals surface area contributed by atoms with Crippen LogP contribution < -0.4 is 19.3 Å². The number of furan rings is 2. The van der Waals surface area contributed by atoms with Crippen LogP contribution in [0.15, 0.2) is 91.8 Å². The highest BCUT2D eigenvalue weighted by Gasteiger charge is 2.38. The standard InChI is InChI=1S/C45H32N8O8S4/c1-20-18-60-36-26(20)10-24(12-28(36)38-48-50-44(64-38)52-40(56)34(62-42(52)46)16-22-5-7-30(54)32(14-22)58-3)9-25-11-27-21(2)19-61-37(27)29(13-25)39-49-51-45(65-39)53-41(57)35(63-43(53)47)17-23-6-8-31(55)33(15-23)59-4/h5-8,10-19,46-47,54-55H,9H2,1-4H3/b34-16-,35-17-,46-42?,47-43?. The van der Waals surface area contributed by atoms with Crippen molar-refractivity contribution in [3.05, 3.63) is 116 Å². The van der Waals surface area contributed by atoms with Crippen molar-refractivity contribution in [3.8, 4) is 44.1 Å². The Morgan fingerprint density at radius 1 is 0.646 bits per heavy atom. The molecular weight excluding hydrogens is 909 g/mol. The molecule has 6 heterocycles. The Balaban J connectivity index is 0.948. The summed E-state index contributed by atoms with van der Waals surface area (Å²) in [6, 6.07) is 17.6. The lowest BCUT2D eigenvalue weighted by molar-refractivity contribution is -0.114. The van der Waals surface area contributed by atoms with E-state index in [1.165, 1.54) is 58.8 Å². The summed E-state index contributed by atoms with van der Waals surface area (Å²) in [5.41, 5.74) is 7.53. The fourth-order valence-electron chi connectivity index (χ4n) is 7.42. The minimum Gasteiger partial charge on any atom is -0.504 e. The molecule has 0 unspecified atom stereocenters. The quantitative estimate of drug-likeness (QED) is 0.0937. The molecule has 20 heteroatoms. The summed E-state index contributed by atoms with van der Waals surface area (Å²) in [4.78, 5) is 30.4. The SMILES string of the molecule is COc1cc(/C=C2\SC(=N)N(c3nnc(-c4cc(Cc5cc(-c6nnc(N7C(=N)S/C(=C\c8ccc(O)c(OC)c8)C7=O)s6)c6occ(C)c6c5)cc5c(C)coc45)s3)C2=O)ccc1O. The Hall–Kier alpha value is -7.26. The number of benzene rings is 4. The Kier molecular flexibility index (Phi) is 10.5. The first kappa shape index (κ1) is 41.7. The van der Waals surface area contributed by atoms with Crippen LogP contribution in [0.5, 0.6) is 23.0 Å². The summed E-state index contributed by atoms with van der Waals surface area (Å²) in [6.07, 6.45) is 7.11. The molecule has 2 aliphatic heterocycles. The molecule has 0 spiro atoms. The van der Waals surface area contributed by atoms with Crippen LogP contribution in [0.2, 0.25) is 0 Å². The van der Waals surface area contributed by atoms with E-state index in [0.29, 0.717) is 59.7 Å². The lowest BCUT2D eigenvalue weighted by Crippen LogP contribution is -2.27. The summed E-state index contributed by atoms with van der Waals surface area (Å²) in [5, 5.41) is 58.3. The number of phenolic OH excluding ortho intramolecular Hbond substituents is 2. The number of fused-ring (bicyclic) bond motifs is 2. The number of rotatable bonds is 10. The van der Waals surface area contributed by atoms with Gasteiger partial charge in [-0.2, -0.15) is 0 Å². The zero-order valence-electron chi connectivity index (χ0n) is 34.5. The molecule has 0 atom stereocenters. The number of amides is 2.